The minimum absolute atomic E-state index is 0.203. The van der Waals surface area contributed by atoms with Gasteiger partial charge in [-0.05, 0) is 42.3 Å². The quantitative estimate of drug-likeness (QED) is 0.935. The maximum atomic E-state index is 5.66. The van der Waals surface area contributed by atoms with Gasteiger partial charge in [0.05, 0.1) is 0 Å². The summed E-state index contributed by atoms with van der Waals surface area (Å²) >= 11 is 0. The van der Waals surface area contributed by atoms with Gasteiger partial charge in [0.1, 0.15) is 26.4 Å². The molecular weight excluding hydrogens is 306 g/mol. The highest BCUT2D eigenvalue weighted by Crippen LogP contribution is 2.33. The van der Waals surface area contributed by atoms with Crippen LogP contribution < -0.4 is 24.3 Å². The maximum absolute atomic E-state index is 5.66. The van der Waals surface area contributed by atoms with E-state index in [4.69, 9.17) is 18.9 Å². The van der Waals surface area contributed by atoms with Gasteiger partial charge >= 0.3 is 0 Å². The molecule has 2 aromatic carbocycles. The molecule has 2 heterocycles. The number of hydrogen-bond donors (Lipinski definition) is 1. The molecule has 0 aliphatic carbocycles. The molecule has 0 saturated carbocycles. The Hall–Kier alpha value is -2.40. The zero-order chi connectivity index (χ0) is 16.4. The van der Waals surface area contributed by atoms with Crippen molar-refractivity contribution in [1.29, 1.82) is 0 Å². The highest BCUT2D eigenvalue weighted by atomic mass is 16.6. The Morgan fingerprint density at radius 3 is 2.08 bits per heavy atom. The lowest BCUT2D eigenvalue weighted by molar-refractivity contribution is 0.171. The summed E-state index contributed by atoms with van der Waals surface area (Å²) in [6.45, 7) is 5.35. The van der Waals surface area contributed by atoms with Crippen LogP contribution in [0.1, 0.15) is 24.1 Å². The fourth-order valence-electron chi connectivity index (χ4n) is 2.92. The lowest BCUT2D eigenvalue weighted by atomic mass is 10.1. The molecule has 5 heteroatoms. The molecule has 0 fully saturated rings. The normalized spacial score (nSPS) is 16.5. The maximum Gasteiger partial charge on any atom is 0.161 e. The van der Waals surface area contributed by atoms with Crippen molar-refractivity contribution in [3.05, 3.63) is 47.5 Å². The summed E-state index contributed by atoms with van der Waals surface area (Å²) in [5, 5.41) is 3.54. The van der Waals surface area contributed by atoms with Crippen molar-refractivity contribution in [2.24, 2.45) is 0 Å². The van der Waals surface area contributed by atoms with Crippen molar-refractivity contribution in [1.82, 2.24) is 5.32 Å². The van der Waals surface area contributed by atoms with E-state index in [1.165, 1.54) is 11.1 Å². The van der Waals surface area contributed by atoms with Gasteiger partial charge in [0.25, 0.3) is 0 Å². The van der Waals surface area contributed by atoms with Crippen molar-refractivity contribution in [2.75, 3.05) is 26.4 Å². The minimum atomic E-state index is 0.203. The number of hydrogen-bond acceptors (Lipinski definition) is 5. The number of nitrogens with one attached hydrogen (secondary N) is 1. The summed E-state index contributed by atoms with van der Waals surface area (Å²) in [6.07, 6.45) is 0. The van der Waals surface area contributed by atoms with E-state index < -0.39 is 0 Å². The van der Waals surface area contributed by atoms with E-state index in [2.05, 4.69) is 30.4 Å². The van der Waals surface area contributed by atoms with E-state index in [1.807, 2.05) is 18.2 Å². The van der Waals surface area contributed by atoms with Gasteiger partial charge in [-0.1, -0.05) is 12.1 Å². The van der Waals surface area contributed by atoms with E-state index in [0.29, 0.717) is 26.4 Å². The first kappa shape index (κ1) is 15.1. The molecule has 0 bridgehead atoms. The van der Waals surface area contributed by atoms with Crippen LogP contribution in [-0.2, 0) is 6.54 Å². The predicted molar refractivity (Wildman–Crippen MR) is 90.1 cm³/mol. The highest BCUT2D eigenvalue weighted by molar-refractivity contribution is 5.45. The summed E-state index contributed by atoms with van der Waals surface area (Å²) in [5.74, 6) is 3.30. The first-order valence-corrected chi connectivity index (χ1v) is 8.31. The van der Waals surface area contributed by atoms with Gasteiger partial charge in [0.2, 0.25) is 0 Å². The molecule has 0 radical (unpaired) electrons. The van der Waals surface area contributed by atoms with Gasteiger partial charge in [-0.2, -0.15) is 0 Å². The van der Waals surface area contributed by atoms with Crippen LogP contribution in [0.25, 0.3) is 0 Å². The molecule has 1 unspecified atom stereocenters. The van der Waals surface area contributed by atoms with Crippen LogP contribution in [0, 0.1) is 0 Å². The summed E-state index contributed by atoms with van der Waals surface area (Å²) in [5.41, 5.74) is 2.35. The number of rotatable bonds is 4. The van der Waals surface area contributed by atoms with Crippen molar-refractivity contribution >= 4 is 0 Å². The predicted octanol–water partition coefficient (Wildman–Crippen LogP) is 3.08. The largest absolute Gasteiger partial charge is 0.486 e. The first-order chi connectivity index (χ1) is 11.8. The summed E-state index contributed by atoms with van der Waals surface area (Å²) in [6, 6.07) is 12.4. The monoisotopic (exact) mass is 327 g/mol. The molecule has 0 spiro atoms. The Labute approximate surface area is 141 Å². The van der Waals surface area contributed by atoms with E-state index in [9.17, 15) is 0 Å². The van der Waals surface area contributed by atoms with Crippen LogP contribution in [0.5, 0.6) is 23.0 Å². The van der Waals surface area contributed by atoms with Crippen molar-refractivity contribution in [3.8, 4) is 23.0 Å². The topological polar surface area (TPSA) is 49.0 Å². The second kappa shape index (κ2) is 6.61. The van der Waals surface area contributed by atoms with Crippen LogP contribution >= 0.6 is 0 Å². The Kier molecular flexibility index (Phi) is 4.17. The summed E-state index contributed by atoms with van der Waals surface area (Å²) in [7, 11) is 0. The molecular formula is C19H21NO4. The van der Waals surface area contributed by atoms with Crippen LogP contribution in [0.3, 0.4) is 0 Å². The Morgan fingerprint density at radius 1 is 0.792 bits per heavy atom. The smallest absolute Gasteiger partial charge is 0.161 e. The molecule has 0 amide bonds. The summed E-state index contributed by atoms with van der Waals surface area (Å²) in [4.78, 5) is 0. The molecule has 1 N–H and O–H groups in total. The average Bonchev–Trinajstić information content (AvgIpc) is 2.65. The zero-order valence-corrected chi connectivity index (χ0v) is 13.7. The second-order valence-electron chi connectivity index (χ2n) is 5.98. The molecule has 0 aromatic heterocycles. The Morgan fingerprint density at radius 2 is 1.38 bits per heavy atom. The molecule has 126 valence electrons. The molecule has 5 nitrogen and oxygen atoms in total. The zero-order valence-electron chi connectivity index (χ0n) is 13.7. The SMILES string of the molecule is CC(NCc1ccc2c(c1)OCCO2)c1ccc2c(c1)OCCO2. The lowest BCUT2D eigenvalue weighted by Gasteiger charge is -2.22. The third-order valence-corrected chi connectivity index (χ3v) is 4.29. The van der Waals surface area contributed by atoms with Crippen LogP contribution in [0.15, 0.2) is 36.4 Å². The van der Waals surface area contributed by atoms with Gasteiger partial charge in [-0.3, -0.25) is 0 Å². The highest BCUT2D eigenvalue weighted by Gasteiger charge is 2.15. The van der Waals surface area contributed by atoms with Crippen LogP contribution in [0.2, 0.25) is 0 Å². The average molecular weight is 327 g/mol. The molecule has 2 aliphatic rings. The van der Waals surface area contributed by atoms with Gasteiger partial charge in [0, 0.05) is 12.6 Å². The molecule has 0 saturated heterocycles. The summed E-state index contributed by atoms with van der Waals surface area (Å²) < 4.78 is 22.4. The van der Waals surface area contributed by atoms with Gasteiger partial charge in [-0.15, -0.1) is 0 Å². The standard InChI is InChI=1S/C19H21NO4/c1-13(15-3-5-17-19(11-15)24-9-7-22-17)20-12-14-2-4-16-18(10-14)23-8-6-21-16/h2-5,10-11,13,20H,6-9,12H2,1H3. The van der Waals surface area contributed by atoms with Crippen molar-refractivity contribution < 1.29 is 18.9 Å². The Balaban J connectivity index is 1.42. The minimum Gasteiger partial charge on any atom is -0.486 e. The van der Waals surface area contributed by atoms with Crippen molar-refractivity contribution in [2.45, 2.75) is 19.5 Å². The molecule has 4 rings (SSSR count). The van der Waals surface area contributed by atoms with E-state index in [1.54, 1.807) is 0 Å². The fraction of sp³-hybridized carbons (Fsp3) is 0.368. The molecule has 24 heavy (non-hydrogen) atoms. The third kappa shape index (κ3) is 3.12. The number of benzene rings is 2. The number of ether oxygens (including phenoxy) is 4. The van der Waals surface area contributed by atoms with Gasteiger partial charge < -0.3 is 24.3 Å². The van der Waals surface area contributed by atoms with E-state index >= 15 is 0 Å². The third-order valence-electron chi connectivity index (χ3n) is 4.29. The number of fused-ring (bicyclic) bond motifs is 2. The van der Waals surface area contributed by atoms with E-state index in [-0.39, 0.29) is 6.04 Å². The molecule has 1 atom stereocenters. The Bertz CT molecular complexity index is 731. The van der Waals surface area contributed by atoms with Gasteiger partial charge in [-0.25, -0.2) is 0 Å². The first-order valence-electron chi connectivity index (χ1n) is 8.31. The van der Waals surface area contributed by atoms with Crippen LogP contribution in [-0.4, -0.2) is 26.4 Å². The lowest BCUT2D eigenvalue weighted by Crippen LogP contribution is -2.20. The van der Waals surface area contributed by atoms with Gasteiger partial charge in [0.15, 0.2) is 23.0 Å². The van der Waals surface area contributed by atoms with Crippen LogP contribution in [0.4, 0.5) is 0 Å². The van der Waals surface area contributed by atoms with Crippen molar-refractivity contribution in [3.63, 3.8) is 0 Å². The fourth-order valence-corrected chi connectivity index (χ4v) is 2.92. The second-order valence-corrected chi connectivity index (χ2v) is 5.98. The molecule has 2 aromatic rings. The van der Waals surface area contributed by atoms with E-state index in [0.717, 1.165) is 29.5 Å². The molecule has 2 aliphatic heterocycles.